The van der Waals surface area contributed by atoms with Crippen molar-refractivity contribution in [1.82, 2.24) is 5.32 Å². The highest BCUT2D eigenvalue weighted by Gasteiger charge is 2.21. The van der Waals surface area contributed by atoms with E-state index in [-0.39, 0.29) is 5.82 Å². The number of benzene rings is 3. The molecule has 4 nitrogen and oxygen atoms in total. The maximum Gasteiger partial charge on any atom is 0.123 e. The normalized spacial score (nSPS) is 12.3. The molecular formula is C27H29FN4. The summed E-state index contributed by atoms with van der Waals surface area (Å²) in [7, 11) is 0. The molecule has 0 unspecified atom stereocenters. The molecule has 0 heterocycles. The van der Waals surface area contributed by atoms with Crippen LogP contribution >= 0.6 is 0 Å². The zero-order valence-corrected chi connectivity index (χ0v) is 18.4. The molecule has 0 aromatic heterocycles. The molecule has 6 N–H and O–H groups in total. The minimum Gasteiger partial charge on any atom is -0.398 e. The summed E-state index contributed by atoms with van der Waals surface area (Å²) in [5.74, 6) is 0.208. The fourth-order valence-corrected chi connectivity index (χ4v) is 3.29. The van der Waals surface area contributed by atoms with Crippen molar-refractivity contribution < 1.29 is 4.39 Å². The molecule has 0 spiro atoms. The summed E-state index contributed by atoms with van der Waals surface area (Å²) < 4.78 is 13.3. The van der Waals surface area contributed by atoms with Crippen molar-refractivity contribution in [2.75, 3.05) is 5.32 Å². The molecule has 0 aliphatic rings. The zero-order chi connectivity index (χ0) is 23.1. The lowest BCUT2D eigenvalue weighted by molar-refractivity contribution is 0.475. The van der Waals surface area contributed by atoms with Crippen LogP contribution in [0.5, 0.6) is 0 Å². The zero-order valence-electron chi connectivity index (χ0n) is 18.4. The molecule has 0 fully saturated rings. The number of anilines is 1. The summed E-state index contributed by atoms with van der Waals surface area (Å²) in [6, 6.07) is 23.9. The molecule has 0 aliphatic heterocycles. The van der Waals surface area contributed by atoms with Gasteiger partial charge in [-0.15, -0.1) is 0 Å². The van der Waals surface area contributed by atoms with Crippen LogP contribution in [-0.2, 0) is 5.54 Å². The number of rotatable bonds is 8. The molecule has 5 heteroatoms. The van der Waals surface area contributed by atoms with Crippen LogP contribution in [0.25, 0.3) is 11.4 Å². The maximum atomic E-state index is 13.3. The Morgan fingerprint density at radius 3 is 2.22 bits per heavy atom. The van der Waals surface area contributed by atoms with Crippen molar-refractivity contribution in [1.29, 1.82) is 0 Å². The Hall–Kier alpha value is -3.99. The van der Waals surface area contributed by atoms with Crippen molar-refractivity contribution in [3.8, 4) is 0 Å². The van der Waals surface area contributed by atoms with Crippen LogP contribution in [0.3, 0.4) is 0 Å². The Morgan fingerprint density at radius 1 is 0.875 bits per heavy atom. The van der Waals surface area contributed by atoms with Crippen LogP contribution in [0, 0.1) is 5.82 Å². The highest BCUT2D eigenvalue weighted by atomic mass is 19.1. The van der Waals surface area contributed by atoms with Gasteiger partial charge in [0.25, 0.3) is 0 Å². The summed E-state index contributed by atoms with van der Waals surface area (Å²) in [5, 5.41) is 6.60. The molecule has 0 atom stereocenters. The number of hydrogen-bond acceptors (Lipinski definition) is 4. The molecular weight excluding hydrogens is 399 g/mol. The summed E-state index contributed by atoms with van der Waals surface area (Å²) in [5.41, 5.74) is 16.8. The van der Waals surface area contributed by atoms with E-state index in [0.29, 0.717) is 11.5 Å². The van der Waals surface area contributed by atoms with E-state index in [9.17, 15) is 4.39 Å². The van der Waals surface area contributed by atoms with E-state index in [2.05, 4.69) is 17.2 Å². The first kappa shape index (κ1) is 22.7. The number of hydrogen-bond donors (Lipinski definition) is 4. The standard InChI is InChI=1S/C27H29FN4/c1-19(32-27(2,3)22-12-14-23(28)15-13-22)21-10-7-11-24(18-21)31-26(30)17-16-25(29)20-8-5-4-6-9-20/h4-18,31-32H,1,29-30H2,2-3H3/b25-16-,26-17+. The van der Waals surface area contributed by atoms with E-state index in [4.69, 9.17) is 11.5 Å². The molecule has 3 aromatic carbocycles. The summed E-state index contributed by atoms with van der Waals surface area (Å²) >= 11 is 0. The van der Waals surface area contributed by atoms with E-state index < -0.39 is 5.54 Å². The molecule has 0 radical (unpaired) electrons. The van der Waals surface area contributed by atoms with Gasteiger partial charge in [-0.1, -0.05) is 61.2 Å². The number of nitrogens with one attached hydrogen (secondary N) is 2. The second-order valence-corrected chi connectivity index (χ2v) is 8.05. The van der Waals surface area contributed by atoms with Crippen LogP contribution in [0.15, 0.2) is 103 Å². The van der Waals surface area contributed by atoms with Crippen LogP contribution in [0.2, 0.25) is 0 Å². The van der Waals surface area contributed by atoms with Crippen molar-refractivity contribution in [2.45, 2.75) is 19.4 Å². The predicted octanol–water partition coefficient (Wildman–Crippen LogP) is 5.53. The van der Waals surface area contributed by atoms with Crippen LogP contribution < -0.4 is 22.1 Å². The van der Waals surface area contributed by atoms with Gasteiger partial charge in [0.2, 0.25) is 0 Å². The third kappa shape index (κ3) is 6.01. The van der Waals surface area contributed by atoms with E-state index in [1.165, 1.54) is 12.1 Å². The second kappa shape index (κ2) is 9.88. The van der Waals surface area contributed by atoms with Crippen LogP contribution in [0.1, 0.15) is 30.5 Å². The summed E-state index contributed by atoms with van der Waals surface area (Å²) in [6.45, 7) is 8.23. The first-order chi connectivity index (χ1) is 15.2. The molecule has 0 amide bonds. The number of allylic oxidation sites excluding steroid dienone is 2. The average molecular weight is 429 g/mol. The third-order valence-corrected chi connectivity index (χ3v) is 5.08. The quantitative estimate of drug-likeness (QED) is 0.356. The Morgan fingerprint density at radius 2 is 1.53 bits per heavy atom. The van der Waals surface area contributed by atoms with Crippen LogP contribution in [-0.4, -0.2) is 0 Å². The van der Waals surface area contributed by atoms with Crippen molar-refractivity contribution in [3.05, 3.63) is 126 Å². The van der Waals surface area contributed by atoms with Crippen molar-refractivity contribution >= 4 is 17.1 Å². The lowest BCUT2D eigenvalue weighted by Gasteiger charge is -2.29. The fourth-order valence-electron chi connectivity index (χ4n) is 3.29. The van der Waals surface area contributed by atoms with Gasteiger partial charge in [0.15, 0.2) is 0 Å². The van der Waals surface area contributed by atoms with Crippen molar-refractivity contribution in [2.24, 2.45) is 11.5 Å². The molecule has 32 heavy (non-hydrogen) atoms. The minimum absolute atomic E-state index is 0.256. The van der Waals surface area contributed by atoms with E-state index in [1.807, 2.05) is 68.4 Å². The number of nitrogens with two attached hydrogens (primary N) is 2. The highest BCUT2D eigenvalue weighted by Crippen LogP contribution is 2.25. The molecule has 0 saturated carbocycles. The highest BCUT2D eigenvalue weighted by molar-refractivity contribution is 5.68. The molecule has 3 rings (SSSR count). The first-order valence-electron chi connectivity index (χ1n) is 10.3. The molecule has 0 bridgehead atoms. The van der Waals surface area contributed by atoms with Gasteiger partial charge in [-0.05, 0) is 67.0 Å². The minimum atomic E-state index is -0.424. The predicted molar refractivity (Wildman–Crippen MR) is 133 cm³/mol. The van der Waals surface area contributed by atoms with E-state index >= 15 is 0 Å². The topological polar surface area (TPSA) is 76.1 Å². The summed E-state index contributed by atoms with van der Waals surface area (Å²) in [4.78, 5) is 0. The lowest BCUT2D eigenvalue weighted by Crippen LogP contribution is -2.34. The van der Waals surface area contributed by atoms with Gasteiger partial charge in [-0.25, -0.2) is 4.39 Å². The largest absolute Gasteiger partial charge is 0.398 e. The lowest BCUT2D eigenvalue weighted by atomic mass is 9.93. The Kier molecular flexibility index (Phi) is 7.00. The Labute approximate surface area is 189 Å². The second-order valence-electron chi connectivity index (χ2n) is 8.05. The van der Waals surface area contributed by atoms with Gasteiger partial charge in [0.1, 0.15) is 11.6 Å². The van der Waals surface area contributed by atoms with Gasteiger partial charge in [-0.2, -0.15) is 0 Å². The van der Waals surface area contributed by atoms with E-state index in [1.54, 1.807) is 24.3 Å². The third-order valence-electron chi connectivity index (χ3n) is 5.08. The fraction of sp³-hybridized carbons (Fsp3) is 0.111. The van der Waals surface area contributed by atoms with Gasteiger partial charge < -0.3 is 22.1 Å². The smallest absolute Gasteiger partial charge is 0.123 e. The summed E-state index contributed by atoms with van der Waals surface area (Å²) in [6.07, 6.45) is 3.51. The first-order valence-corrected chi connectivity index (χ1v) is 10.3. The molecule has 3 aromatic rings. The average Bonchev–Trinajstić information content (AvgIpc) is 2.78. The van der Waals surface area contributed by atoms with Gasteiger partial charge in [0.05, 0.1) is 5.54 Å². The van der Waals surface area contributed by atoms with E-state index in [0.717, 1.165) is 28.1 Å². The van der Waals surface area contributed by atoms with Crippen LogP contribution in [0.4, 0.5) is 10.1 Å². The van der Waals surface area contributed by atoms with Crippen molar-refractivity contribution in [3.63, 3.8) is 0 Å². The monoisotopic (exact) mass is 428 g/mol. The molecule has 164 valence electrons. The van der Waals surface area contributed by atoms with Gasteiger partial charge in [0, 0.05) is 17.1 Å². The SMILES string of the molecule is C=C(NC(C)(C)c1ccc(F)cc1)c1cccc(N/C(N)=C/C=C(\N)c2ccccc2)c1. The number of halogens is 1. The molecule has 0 aliphatic carbocycles. The molecule has 0 saturated heterocycles. The Bertz CT molecular complexity index is 1130. The van der Waals surface area contributed by atoms with Gasteiger partial charge >= 0.3 is 0 Å². The Balaban J connectivity index is 1.69. The maximum absolute atomic E-state index is 13.3. The van der Waals surface area contributed by atoms with Gasteiger partial charge in [-0.3, -0.25) is 0 Å².